The van der Waals surface area contributed by atoms with Crippen LogP contribution in [0, 0.1) is 6.92 Å². The van der Waals surface area contributed by atoms with Crippen LogP contribution in [0.3, 0.4) is 0 Å². The van der Waals surface area contributed by atoms with E-state index >= 15 is 0 Å². The first-order valence-electron chi connectivity index (χ1n) is 9.02. The van der Waals surface area contributed by atoms with E-state index in [-0.39, 0.29) is 17.2 Å². The number of carbonyl (C=O) groups excluding carboxylic acids is 2. The molecule has 6 heteroatoms. The van der Waals surface area contributed by atoms with E-state index in [1.165, 1.54) is 19.9 Å². The predicted molar refractivity (Wildman–Crippen MR) is 101 cm³/mol. The molecule has 0 aliphatic carbocycles. The van der Waals surface area contributed by atoms with Crippen LogP contribution in [0.2, 0.25) is 0 Å². The number of hydrogen-bond donors (Lipinski definition) is 1. The van der Waals surface area contributed by atoms with Gasteiger partial charge in [0, 0.05) is 34.9 Å². The molecule has 1 N–H and O–H groups in total. The number of benzene rings is 1. The van der Waals surface area contributed by atoms with Crippen LogP contribution in [0.1, 0.15) is 62.6 Å². The Morgan fingerprint density at radius 1 is 1.22 bits per heavy atom. The van der Waals surface area contributed by atoms with Gasteiger partial charge in [0.1, 0.15) is 0 Å². The third kappa shape index (κ3) is 2.40. The zero-order chi connectivity index (χ0) is 19.3. The van der Waals surface area contributed by atoms with Crippen molar-refractivity contribution in [2.24, 2.45) is 0 Å². The summed E-state index contributed by atoms with van der Waals surface area (Å²) < 4.78 is 12.3. The predicted octanol–water partition coefficient (Wildman–Crippen LogP) is 3.75. The molecule has 1 unspecified atom stereocenters. The van der Waals surface area contributed by atoms with E-state index in [1.54, 1.807) is 6.92 Å². The van der Waals surface area contributed by atoms with Gasteiger partial charge in [0.05, 0.1) is 31.4 Å². The maximum atomic E-state index is 12.7. The first-order chi connectivity index (χ1) is 13.0. The van der Waals surface area contributed by atoms with Crippen molar-refractivity contribution >= 4 is 22.8 Å². The summed E-state index contributed by atoms with van der Waals surface area (Å²) in [4.78, 5) is 28.7. The quantitative estimate of drug-likeness (QED) is 0.717. The minimum Gasteiger partial charge on any atom is -0.465 e. The lowest BCUT2D eigenvalue weighted by Gasteiger charge is -2.26. The number of aromatic amines is 1. The van der Waals surface area contributed by atoms with Crippen molar-refractivity contribution in [2.45, 2.75) is 32.7 Å². The Bertz CT molecular complexity index is 1070. The third-order valence-corrected chi connectivity index (χ3v) is 5.48. The number of esters is 2. The zero-order valence-corrected chi connectivity index (χ0v) is 15.9. The van der Waals surface area contributed by atoms with Crippen molar-refractivity contribution in [3.8, 4) is 0 Å². The van der Waals surface area contributed by atoms with Gasteiger partial charge in [-0.2, -0.15) is 0 Å². The molecular formula is C21H22N2O4. The van der Waals surface area contributed by atoms with E-state index < -0.39 is 11.9 Å². The number of ether oxygens (including phenoxy) is 2. The molecule has 6 nitrogen and oxygen atoms in total. The van der Waals surface area contributed by atoms with Crippen LogP contribution in [0.4, 0.5) is 0 Å². The maximum absolute atomic E-state index is 12.7. The van der Waals surface area contributed by atoms with Gasteiger partial charge in [-0.25, -0.2) is 9.59 Å². The summed E-state index contributed by atoms with van der Waals surface area (Å²) in [6.45, 7) is 3.94. The number of aromatic nitrogens is 2. The molecule has 27 heavy (non-hydrogen) atoms. The summed E-state index contributed by atoms with van der Waals surface area (Å²) >= 11 is 0. The van der Waals surface area contributed by atoms with Crippen LogP contribution in [-0.2, 0) is 15.9 Å². The van der Waals surface area contributed by atoms with E-state index in [2.05, 4.69) is 28.7 Å². The number of nitrogens with zero attached hydrogens (tertiary/aromatic N) is 1. The van der Waals surface area contributed by atoms with E-state index in [0.717, 1.165) is 28.6 Å². The van der Waals surface area contributed by atoms with E-state index in [4.69, 9.17) is 9.47 Å². The Balaban J connectivity index is 2.09. The second kappa shape index (κ2) is 6.30. The second-order valence-corrected chi connectivity index (χ2v) is 6.87. The van der Waals surface area contributed by atoms with Gasteiger partial charge in [0.2, 0.25) is 0 Å². The molecule has 1 atom stereocenters. The van der Waals surface area contributed by atoms with Crippen LogP contribution in [0.5, 0.6) is 0 Å². The van der Waals surface area contributed by atoms with Crippen LogP contribution in [0.25, 0.3) is 10.9 Å². The SMILES string of the molecule is CCC1c2[nH]c3cc(C)c(C(=O)OC)c(C(=O)OC)c3c2Cc2cccn21. The molecular weight excluding hydrogens is 344 g/mol. The monoisotopic (exact) mass is 366 g/mol. The van der Waals surface area contributed by atoms with Crippen molar-refractivity contribution in [1.82, 2.24) is 9.55 Å². The van der Waals surface area contributed by atoms with Crippen molar-refractivity contribution < 1.29 is 19.1 Å². The Hall–Kier alpha value is -3.02. The van der Waals surface area contributed by atoms with Gasteiger partial charge < -0.3 is 19.0 Å². The number of nitrogens with one attached hydrogen (secondary N) is 1. The summed E-state index contributed by atoms with van der Waals surface area (Å²) in [5.41, 5.74) is 5.40. The number of methoxy groups -OCH3 is 2. The molecule has 3 heterocycles. The van der Waals surface area contributed by atoms with Gasteiger partial charge in [0.15, 0.2) is 0 Å². The average Bonchev–Trinajstić information content (AvgIpc) is 3.27. The first-order valence-corrected chi connectivity index (χ1v) is 9.02. The van der Waals surface area contributed by atoms with Gasteiger partial charge in [-0.05, 0) is 42.7 Å². The van der Waals surface area contributed by atoms with Gasteiger partial charge in [-0.15, -0.1) is 0 Å². The lowest BCUT2D eigenvalue weighted by atomic mass is 9.91. The normalized spacial score (nSPS) is 15.3. The van der Waals surface area contributed by atoms with Crippen molar-refractivity contribution in [3.63, 3.8) is 0 Å². The third-order valence-electron chi connectivity index (χ3n) is 5.48. The number of rotatable bonds is 3. The topological polar surface area (TPSA) is 73.3 Å². The minimum atomic E-state index is -0.532. The fourth-order valence-electron chi connectivity index (χ4n) is 4.33. The smallest absolute Gasteiger partial charge is 0.339 e. The molecule has 1 aliphatic heterocycles. The molecule has 0 fully saturated rings. The van der Waals surface area contributed by atoms with Crippen LogP contribution >= 0.6 is 0 Å². The maximum Gasteiger partial charge on any atom is 0.339 e. The highest BCUT2D eigenvalue weighted by Crippen LogP contribution is 2.40. The molecule has 140 valence electrons. The standard InChI is InChI=1S/C21H22N2O4/c1-5-15-19-13(10-12-7-6-8-23(12)15)17-14(22-19)9-11(2)16(20(24)26-3)18(17)21(25)27-4/h6-9,15,22H,5,10H2,1-4H3. The second-order valence-electron chi connectivity index (χ2n) is 6.87. The highest BCUT2D eigenvalue weighted by Gasteiger charge is 2.32. The lowest BCUT2D eigenvalue weighted by Crippen LogP contribution is -2.19. The molecule has 3 aromatic rings. The van der Waals surface area contributed by atoms with E-state index in [1.807, 2.05) is 12.1 Å². The number of carbonyl (C=O) groups is 2. The van der Waals surface area contributed by atoms with Crippen LogP contribution in [0.15, 0.2) is 24.4 Å². The molecule has 0 spiro atoms. The summed E-state index contributed by atoms with van der Waals surface area (Å²) in [6, 6.07) is 6.21. The van der Waals surface area contributed by atoms with Gasteiger partial charge in [0.25, 0.3) is 0 Å². The highest BCUT2D eigenvalue weighted by atomic mass is 16.5. The molecule has 0 radical (unpaired) electrons. The molecule has 0 saturated carbocycles. The molecule has 1 aromatic carbocycles. The Kier molecular flexibility index (Phi) is 4.06. The largest absolute Gasteiger partial charge is 0.465 e. The van der Waals surface area contributed by atoms with Crippen LogP contribution < -0.4 is 0 Å². The Morgan fingerprint density at radius 3 is 2.59 bits per heavy atom. The van der Waals surface area contributed by atoms with Crippen molar-refractivity contribution in [1.29, 1.82) is 0 Å². The minimum absolute atomic E-state index is 0.165. The van der Waals surface area contributed by atoms with Gasteiger partial charge in [-0.1, -0.05) is 6.92 Å². The average molecular weight is 366 g/mol. The highest BCUT2D eigenvalue weighted by molar-refractivity contribution is 6.14. The van der Waals surface area contributed by atoms with Crippen molar-refractivity contribution in [3.05, 3.63) is 58.0 Å². The number of H-pyrrole nitrogens is 1. The van der Waals surface area contributed by atoms with Gasteiger partial charge >= 0.3 is 11.9 Å². The van der Waals surface area contributed by atoms with Crippen LogP contribution in [-0.4, -0.2) is 35.7 Å². The number of fused-ring (bicyclic) bond motifs is 4. The van der Waals surface area contributed by atoms with E-state index in [0.29, 0.717) is 12.0 Å². The Morgan fingerprint density at radius 2 is 1.93 bits per heavy atom. The molecule has 2 aromatic heterocycles. The first kappa shape index (κ1) is 17.4. The molecule has 4 rings (SSSR count). The number of hydrogen-bond acceptors (Lipinski definition) is 4. The summed E-state index contributed by atoms with van der Waals surface area (Å²) in [6.07, 6.45) is 3.69. The molecule has 0 saturated heterocycles. The zero-order valence-electron chi connectivity index (χ0n) is 15.9. The summed E-state index contributed by atoms with van der Waals surface area (Å²) in [5.74, 6) is -1.06. The summed E-state index contributed by atoms with van der Waals surface area (Å²) in [7, 11) is 2.65. The molecule has 1 aliphatic rings. The summed E-state index contributed by atoms with van der Waals surface area (Å²) in [5, 5.41) is 0.758. The molecule has 0 bridgehead atoms. The van der Waals surface area contributed by atoms with Gasteiger partial charge in [-0.3, -0.25) is 0 Å². The lowest BCUT2D eigenvalue weighted by molar-refractivity contribution is 0.0556. The number of aryl methyl sites for hydroxylation is 1. The fraction of sp³-hybridized carbons (Fsp3) is 0.333. The fourth-order valence-corrected chi connectivity index (χ4v) is 4.33. The molecule has 0 amide bonds. The van der Waals surface area contributed by atoms with Crippen molar-refractivity contribution in [2.75, 3.05) is 14.2 Å². The van der Waals surface area contributed by atoms with E-state index in [9.17, 15) is 9.59 Å². The Labute approximate surface area is 157 Å².